The van der Waals surface area contributed by atoms with E-state index in [-0.39, 0.29) is 5.91 Å². The van der Waals surface area contributed by atoms with E-state index in [1.165, 1.54) is 11.3 Å². The second-order valence-electron chi connectivity index (χ2n) is 6.42. The van der Waals surface area contributed by atoms with E-state index in [1.807, 2.05) is 55.6 Å². The van der Waals surface area contributed by atoms with Gasteiger partial charge in [0.15, 0.2) is 5.13 Å². The molecule has 0 radical (unpaired) electrons. The molecule has 0 aliphatic carbocycles. The van der Waals surface area contributed by atoms with Crippen molar-refractivity contribution in [3.8, 4) is 17.0 Å². The number of nitrogens with zero attached hydrogens (tertiary/aromatic N) is 1. The molecule has 28 heavy (non-hydrogen) atoms. The van der Waals surface area contributed by atoms with E-state index < -0.39 is 0 Å². The Labute approximate surface area is 178 Å². The molecule has 0 aliphatic rings. The van der Waals surface area contributed by atoms with Crippen molar-refractivity contribution in [1.29, 1.82) is 0 Å². The van der Waals surface area contributed by atoms with Gasteiger partial charge in [-0.25, -0.2) is 4.98 Å². The summed E-state index contributed by atoms with van der Waals surface area (Å²) < 4.78 is 5.73. The van der Waals surface area contributed by atoms with Crippen LogP contribution in [-0.2, 0) is 4.79 Å². The fourth-order valence-corrected chi connectivity index (χ4v) is 3.65. The number of nitrogens with one attached hydrogen (secondary N) is 1. The third-order valence-electron chi connectivity index (χ3n) is 4.12. The molecule has 3 aromatic rings. The van der Waals surface area contributed by atoms with E-state index in [0.717, 1.165) is 33.2 Å². The molecule has 4 nitrogen and oxygen atoms in total. The van der Waals surface area contributed by atoms with Crippen LogP contribution in [0.1, 0.15) is 24.0 Å². The van der Waals surface area contributed by atoms with Crippen LogP contribution in [-0.4, -0.2) is 17.5 Å². The monoisotopic (exact) mass is 434 g/mol. The Balaban J connectivity index is 1.45. The predicted molar refractivity (Wildman–Crippen MR) is 117 cm³/mol. The molecular formula is C21H20Cl2N2O2S. The molecule has 0 unspecified atom stereocenters. The quantitative estimate of drug-likeness (QED) is 0.429. The highest BCUT2D eigenvalue weighted by Gasteiger charge is 2.09. The van der Waals surface area contributed by atoms with Crippen molar-refractivity contribution in [3.05, 3.63) is 63.0 Å². The Kier molecular flexibility index (Phi) is 6.94. The van der Waals surface area contributed by atoms with Crippen LogP contribution in [0.15, 0.2) is 41.8 Å². The second kappa shape index (κ2) is 9.41. The first-order valence-electron chi connectivity index (χ1n) is 8.83. The molecule has 0 fully saturated rings. The number of thiazole rings is 1. The summed E-state index contributed by atoms with van der Waals surface area (Å²) in [6.07, 6.45) is 0.976. The molecular weight excluding hydrogens is 415 g/mol. The van der Waals surface area contributed by atoms with Gasteiger partial charge in [0, 0.05) is 27.4 Å². The number of hydrogen-bond donors (Lipinski definition) is 1. The molecule has 0 saturated heterocycles. The van der Waals surface area contributed by atoms with Gasteiger partial charge in [0.25, 0.3) is 0 Å². The molecule has 0 bridgehead atoms. The minimum absolute atomic E-state index is 0.0796. The number of benzene rings is 2. The average molecular weight is 435 g/mol. The van der Waals surface area contributed by atoms with Crippen LogP contribution in [0.2, 0.25) is 10.0 Å². The molecule has 1 heterocycles. The first-order valence-corrected chi connectivity index (χ1v) is 10.5. The van der Waals surface area contributed by atoms with Gasteiger partial charge >= 0.3 is 0 Å². The zero-order chi connectivity index (χ0) is 20.1. The number of ether oxygens (including phenoxy) is 1. The molecule has 1 aromatic heterocycles. The molecule has 0 saturated carbocycles. The number of carbonyl (C=O) groups excluding carboxylic acids is 1. The first-order chi connectivity index (χ1) is 13.4. The van der Waals surface area contributed by atoms with Crippen LogP contribution >= 0.6 is 34.5 Å². The van der Waals surface area contributed by atoms with Crippen molar-refractivity contribution >= 4 is 45.6 Å². The van der Waals surface area contributed by atoms with Crippen LogP contribution in [0.5, 0.6) is 5.75 Å². The Morgan fingerprint density at radius 1 is 1.14 bits per heavy atom. The average Bonchev–Trinajstić information content (AvgIpc) is 3.12. The van der Waals surface area contributed by atoms with Crippen molar-refractivity contribution in [3.63, 3.8) is 0 Å². The summed E-state index contributed by atoms with van der Waals surface area (Å²) in [4.78, 5) is 16.6. The summed E-state index contributed by atoms with van der Waals surface area (Å²) in [7, 11) is 0. The summed E-state index contributed by atoms with van der Waals surface area (Å²) in [5.41, 5.74) is 3.74. The third-order valence-corrected chi connectivity index (χ3v) is 5.72. The van der Waals surface area contributed by atoms with Crippen LogP contribution < -0.4 is 10.1 Å². The predicted octanol–water partition coefficient (Wildman–Crippen LogP) is 6.53. The van der Waals surface area contributed by atoms with Crippen molar-refractivity contribution < 1.29 is 9.53 Å². The van der Waals surface area contributed by atoms with Gasteiger partial charge in [0.2, 0.25) is 5.91 Å². The third kappa shape index (κ3) is 5.47. The molecule has 2 aromatic carbocycles. The highest BCUT2D eigenvalue weighted by Crippen LogP contribution is 2.27. The maximum Gasteiger partial charge on any atom is 0.226 e. The van der Waals surface area contributed by atoms with Gasteiger partial charge in [-0.15, -0.1) is 11.3 Å². The maximum atomic E-state index is 12.1. The van der Waals surface area contributed by atoms with E-state index in [9.17, 15) is 4.79 Å². The topological polar surface area (TPSA) is 51.2 Å². The van der Waals surface area contributed by atoms with Gasteiger partial charge in [0.1, 0.15) is 5.75 Å². The Bertz CT molecular complexity index is 948. The fraction of sp³-hybridized carbons (Fsp3) is 0.238. The Morgan fingerprint density at radius 2 is 1.82 bits per heavy atom. The summed E-state index contributed by atoms with van der Waals surface area (Å²) >= 11 is 13.5. The van der Waals surface area contributed by atoms with Gasteiger partial charge in [0.05, 0.1) is 12.3 Å². The van der Waals surface area contributed by atoms with Crippen molar-refractivity contribution in [2.75, 3.05) is 11.9 Å². The van der Waals surface area contributed by atoms with Crippen LogP contribution in [0, 0.1) is 13.8 Å². The van der Waals surface area contributed by atoms with Gasteiger partial charge in [-0.2, -0.15) is 0 Å². The number of rotatable bonds is 7. The van der Waals surface area contributed by atoms with Gasteiger partial charge < -0.3 is 10.1 Å². The van der Waals surface area contributed by atoms with Gasteiger partial charge in [-0.1, -0.05) is 35.3 Å². The summed E-state index contributed by atoms with van der Waals surface area (Å²) in [6, 6.07) is 11.3. The number of amides is 1. The molecule has 0 aliphatic heterocycles. The standard InChI is InChI=1S/C21H20Cl2N2O2S/c1-13-10-17(11-14(2)20(13)23)27-9-3-4-19(26)25-21-24-18(12-28-21)15-5-7-16(22)8-6-15/h5-8,10-12H,3-4,9H2,1-2H3,(H,24,25,26). The lowest BCUT2D eigenvalue weighted by Crippen LogP contribution is -2.12. The molecule has 7 heteroatoms. The Hall–Kier alpha value is -2.08. The van der Waals surface area contributed by atoms with E-state index >= 15 is 0 Å². The van der Waals surface area contributed by atoms with Gasteiger partial charge in [-0.3, -0.25) is 4.79 Å². The summed E-state index contributed by atoms with van der Waals surface area (Å²) in [6.45, 7) is 4.35. The number of carbonyl (C=O) groups is 1. The van der Waals surface area contributed by atoms with E-state index in [1.54, 1.807) is 0 Å². The lowest BCUT2D eigenvalue weighted by atomic mass is 10.1. The van der Waals surface area contributed by atoms with Crippen LogP contribution in [0.4, 0.5) is 5.13 Å². The zero-order valence-electron chi connectivity index (χ0n) is 15.6. The minimum Gasteiger partial charge on any atom is -0.494 e. The van der Waals surface area contributed by atoms with Crippen LogP contribution in [0.25, 0.3) is 11.3 Å². The number of halogens is 2. The first kappa shape index (κ1) is 20.6. The van der Waals surface area contributed by atoms with Crippen molar-refractivity contribution in [2.24, 2.45) is 0 Å². The highest BCUT2D eigenvalue weighted by atomic mass is 35.5. The largest absolute Gasteiger partial charge is 0.494 e. The molecule has 3 rings (SSSR count). The van der Waals surface area contributed by atoms with E-state index in [4.69, 9.17) is 27.9 Å². The maximum absolute atomic E-state index is 12.1. The molecule has 1 amide bonds. The van der Waals surface area contributed by atoms with Crippen molar-refractivity contribution in [1.82, 2.24) is 4.98 Å². The normalized spacial score (nSPS) is 10.7. The minimum atomic E-state index is -0.0796. The number of aryl methyl sites for hydroxylation is 2. The second-order valence-corrected chi connectivity index (χ2v) is 8.09. The molecule has 0 atom stereocenters. The Morgan fingerprint density at radius 3 is 2.50 bits per heavy atom. The van der Waals surface area contributed by atoms with Crippen molar-refractivity contribution in [2.45, 2.75) is 26.7 Å². The molecule has 146 valence electrons. The lowest BCUT2D eigenvalue weighted by molar-refractivity contribution is -0.116. The summed E-state index contributed by atoms with van der Waals surface area (Å²) in [5, 5.41) is 6.77. The van der Waals surface area contributed by atoms with E-state index in [0.29, 0.717) is 29.6 Å². The number of aromatic nitrogens is 1. The molecule has 0 spiro atoms. The number of hydrogen-bond acceptors (Lipinski definition) is 4. The lowest BCUT2D eigenvalue weighted by Gasteiger charge is -2.09. The highest BCUT2D eigenvalue weighted by molar-refractivity contribution is 7.14. The van der Waals surface area contributed by atoms with Crippen LogP contribution in [0.3, 0.4) is 0 Å². The number of anilines is 1. The zero-order valence-corrected chi connectivity index (χ0v) is 17.9. The molecule has 1 N–H and O–H groups in total. The summed E-state index contributed by atoms with van der Waals surface area (Å²) in [5.74, 6) is 0.691. The van der Waals surface area contributed by atoms with E-state index in [2.05, 4.69) is 10.3 Å². The van der Waals surface area contributed by atoms with Gasteiger partial charge in [-0.05, 0) is 55.7 Å². The smallest absolute Gasteiger partial charge is 0.226 e. The SMILES string of the molecule is Cc1cc(OCCCC(=O)Nc2nc(-c3ccc(Cl)cc3)cs2)cc(C)c1Cl. The fourth-order valence-electron chi connectivity index (χ4n) is 2.68.